The van der Waals surface area contributed by atoms with Crippen LogP contribution in [0.1, 0.15) is 25.4 Å². The van der Waals surface area contributed by atoms with E-state index in [-0.39, 0.29) is 0 Å². The fourth-order valence-corrected chi connectivity index (χ4v) is 3.41. The molecule has 1 N–H and O–H groups in total. The van der Waals surface area contributed by atoms with Gasteiger partial charge in [-0.15, -0.1) is 0 Å². The van der Waals surface area contributed by atoms with Crippen LogP contribution in [0, 0.1) is 0 Å². The Morgan fingerprint density at radius 1 is 1.33 bits per heavy atom. The Kier molecular flexibility index (Phi) is 5.68. The number of furan rings is 1. The van der Waals surface area contributed by atoms with Crippen molar-refractivity contribution in [1.82, 2.24) is 19.6 Å². The first-order valence-corrected chi connectivity index (χ1v) is 9.20. The van der Waals surface area contributed by atoms with Gasteiger partial charge in [0.25, 0.3) is 0 Å². The number of anilines is 1. The summed E-state index contributed by atoms with van der Waals surface area (Å²) < 4.78 is 9.74. The van der Waals surface area contributed by atoms with Gasteiger partial charge in [-0.1, -0.05) is 6.92 Å². The molecule has 1 aliphatic rings. The second-order valence-electron chi connectivity index (χ2n) is 5.57. The van der Waals surface area contributed by atoms with Gasteiger partial charge < -0.3 is 19.5 Å². The number of nitrogens with one attached hydrogen (secondary N) is 1. The largest absolute Gasteiger partial charge is 0.467 e. The number of aryl methyl sites for hydroxylation is 1. The second kappa shape index (κ2) is 8.14. The minimum atomic E-state index is 0.561. The van der Waals surface area contributed by atoms with Gasteiger partial charge in [-0.3, -0.25) is 0 Å². The number of aliphatic imine (C=N–C) groups is 1. The van der Waals surface area contributed by atoms with Crippen LogP contribution in [0.2, 0.25) is 0 Å². The maximum atomic E-state index is 5.36. The zero-order chi connectivity index (χ0) is 16.8. The van der Waals surface area contributed by atoms with Crippen LogP contribution in [-0.4, -0.2) is 52.9 Å². The molecule has 3 rings (SSSR count). The summed E-state index contributed by atoms with van der Waals surface area (Å²) in [5.41, 5.74) is 0. The van der Waals surface area contributed by atoms with Gasteiger partial charge in [0.1, 0.15) is 18.1 Å². The molecule has 2 aromatic rings. The smallest absolute Gasteiger partial charge is 0.205 e. The van der Waals surface area contributed by atoms with Crippen molar-refractivity contribution >= 4 is 22.6 Å². The molecule has 0 aromatic carbocycles. The first-order chi connectivity index (χ1) is 11.8. The Morgan fingerprint density at radius 3 is 2.79 bits per heavy atom. The summed E-state index contributed by atoms with van der Waals surface area (Å²) in [5, 5.41) is 4.40. The summed E-state index contributed by atoms with van der Waals surface area (Å²) in [7, 11) is 0. The quantitative estimate of drug-likeness (QED) is 0.658. The number of rotatable bonds is 5. The van der Waals surface area contributed by atoms with Gasteiger partial charge in [0, 0.05) is 50.7 Å². The van der Waals surface area contributed by atoms with Gasteiger partial charge in [0.2, 0.25) is 5.13 Å². The van der Waals surface area contributed by atoms with Crippen LogP contribution in [-0.2, 0) is 13.0 Å². The molecule has 0 spiro atoms. The van der Waals surface area contributed by atoms with Gasteiger partial charge in [-0.05, 0) is 19.1 Å². The topological polar surface area (TPSA) is 69.8 Å². The predicted molar refractivity (Wildman–Crippen MR) is 96.6 cm³/mol. The molecule has 0 bridgehead atoms. The van der Waals surface area contributed by atoms with Crippen LogP contribution >= 0.6 is 11.5 Å². The van der Waals surface area contributed by atoms with Crippen LogP contribution in [0.4, 0.5) is 5.13 Å². The van der Waals surface area contributed by atoms with Crippen molar-refractivity contribution in [1.29, 1.82) is 0 Å². The van der Waals surface area contributed by atoms with Crippen molar-refractivity contribution < 1.29 is 4.42 Å². The Balaban J connectivity index is 1.59. The van der Waals surface area contributed by atoms with E-state index in [2.05, 4.69) is 43.3 Å². The lowest BCUT2D eigenvalue weighted by Gasteiger charge is -2.36. The minimum absolute atomic E-state index is 0.561. The number of hydrogen-bond donors (Lipinski definition) is 1. The molecule has 0 atom stereocenters. The Labute approximate surface area is 146 Å². The minimum Gasteiger partial charge on any atom is -0.467 e. The first-order valence-electron chi connectivity index (χ1n) is 8.43. The molecule has 1 saturated heterocycles. The van der Waals surface area contributed by atoms with Crippen LogP contribution in [0.25, 0.3) is 0 Å². The van der Waals surface area contributed by atoms with Crippen molar-refractivity contribution in [2.45, 2.75) is 26.8 Å². The highest BCUT2D eigenvalue weighted by molar-refractivity contribution is 7.09. The normalized spacial score (nSPS) is 15.8. The zero-order valence-corrected chi connectivity index (χ0v) is 15.1. The van der Waals surface area contributed by atoms with E-state index in [0.717, 1.165) is 61.8 Å². The third-order valence-corrected chi connectivity index (χ3v) is 4.74. The first kappa shape index (κ1) is 16.8. The molecular formula is C16H24N6OS. The molecule has 0 saturated carbocycles. The van der Waals surface area contributed by atoms with E-state index in [0.29, 0.717) is 6.54 Å². The lowest BCUT2D eigenvalue weighted by Crippen LogP contribution is -2.52. The van der Waals surface area contributed by atoms with Crippen molar-refractivity contribution in [2.75, 3.05) is 37.6 Å². The lowest BCUT2D eigenvalue weighted by molar-refractivity contribution is 0.371. The van der Waals surface area contributed by atoms with Gasteiger partial charge in [0.15, 0.2) is 5.96 Å². The SMILES string of the molecule is CCNC(=NCc1ccco1)N1CCN(c2nc(CC)ns2)CC1. The molecule has 24 heavy (non-hydrogen) atoms. The third-order valence-electron chi connectivity index (χ3n) is 3.92. The average molecular weight is 348 g/mol. The fraction of sp³-hybridized carbons (Fsp3) is 0.562. The summed E-state index contributed by atoms with van der Waals surface area (Å²) in [4.78, 5) is 13.9. The van der Waals surface area contributed by atoms with E-state index < -0.39 is 0 Å². The van der Waals surface area contributed by atoms with Crippen LogP contribution in [0.5, 0.6) is 0 Å². The highest BCUT2D eigenvalue weighted by Crippen LogP contribution is 2.19. The summed E-state index contributed by atoms with van der Waals surface area (Å²) in [5.74, 6) is 2.76. The monoisotopic (exact) mass is 348 g/mol. The van der Waals surface area contributed by atoms with Crippen molar-refractivity contribution in [2.24, 2.45) is 4.99 Å². The summed E-state index contributed by atoms with van der Waals surface area (Å²) in [6, 6.07) is 3.84. The second-order valence-corrected chi connectivity index (χ2v) is 6.30. The molecule has 2 aromatic heterocycles. The number of nitrogens with zero attached hydrogens (tertiary/aromatic N) is 5. The van der Waals surface area contributed by atoms with Gasteiger partial charge in [0.05, 0.1) is 6.26 Å². The lowest BCUT2D eigenvalue weighted by atomic mass is 10.3. The molecule has 0 aliphatic carbocycles. The van der Waals surface area contributed by atoms with E-state index in [1.54, 1.807) is 6.26 Å². The summed E-state index contributed by atoms with van der Waals surface area (Å²) >= 11 is 1.50. The van der Waals surface area contributed by atoms with E-state index in [1.165, 1.54) is 11.5 Å². The van der Waals surface area contributed by atoms with Gasteiger partial charge >= 0.3 is 0 Å². The number of piperazine rings is 1. The highest BCUT2D eigenvalue weighted by Gasteiger charge is 2.22. The Hall–Kier alpha value is -2.09. The average Bonchev–Trinajstić information content (AvgIpc) is 3.30. The number of aromatic nitrogens is 2. The molecule has 0 amide bonds. The standard InChI is InChI=1S/C16H24N6OS/c1-3-14-19-16(24-20-14)22-9-7-21(8-10-22)15(17-4-2)18-12-13-6-5-11-23-13/h5-6,11H,3-4,7-10,12H2,1-2H3,(H,17,18). The van der Waals surface area contributed by atoms with Crippen molar-refractivity contribution in [3.8, 4) is 0 Å². The number of guanidine groups is 1. The fourth-order valence-electron chi connectivity index (χ4n) is 2.61. The zero-order valence-electron chi connectivity index (χ0n) is 14.2. The molecule has 1 fully saturated rings. The van der Waals surface area contributed by atoms with Crippen molar-refractivity contribution in [3.05, 3.63) is 30.0 Å². The summed E-state index contributed by atoms with van der Waals surface area (Å²) in [6.07, 6.45) is 2.57. The van der Waals surface area contributed by atoms with E-state index in [9.17, 15) is 0 Å². The molecule has 0 unspecified atom stereocenters. The molecule has 7 nitrogen and oxygen atoms in total. The summed E-state index contributed by atoms with van der Waals surface area (Å²) in [6.45, 7) is 9.30. The Morgan fingerprint density at radius 2 is 2.17 bits per heavy atom. The van der Waals surface area contributed by atoms with Crippen LogP contribution in [0.15, 0.2) is 27.8 Å². The molecule has 0 radical (unpaired) electrons. The van der Waals surface area contributed by atoms with E-state index >= 15 is 0 Å². The molecule has 3 heterocycles. The van der Waals surface area contributed by atoms with Crippen LogP contribution in [0.3, 0.4) is 0 Å². The van der Waals surface area contributed by atoms with Crippen molar-refractivity contribution in [3.63, 3.8) is 0 Å². The molecule has 8 heteroatoms. The van der Waals surface area contributed by atoms with E-state index in [1.807, 2.05) is 12.1 Å². The molecule has 130 valence electrons. The van der Waals surface area contributed by atoms with E-state index in [4.69, 9.17) is 4.42 Å². The Bertz CT molecular complexity index is 645. The predicted octanol–water partition coefficient (Wildman–Crippen LogP) is 1.98. The number of hydrogen-bond acceptors (Lipinski definition) is 6. The molecular weight excluding hydrogens is 324 g/mol. The highest BCUT2D eigenvalue weighted by atomic mass is 32.1. The van der Waals surface area contributed by atoms with Gasteiger partial charge in [-0.2, -0.15) is 4.37 Å². The van der Waals surface area contributed by atoms with Gasteiger partial charge in [-0.25, -0.2) is 9.98 Å². The maximum Gasteiger partial charge on any atom is 0.205 e. The third kappa shape index (κ3) is 4.05. The van der Waals surface area contributed by atoms with Crippen LogP contribution < -0.4 is 10.2 Å². The molecule has 1 aliphatic heterocycles. The maximum absolute atomic E-state index is 5.36.